The van der Waals surface area contributed by atoms with Gasteiger partial charge in [-0.3, -0.25) is 9.69 Å². The third kappa shape index (κ3) is 5.97. The monoisotopic (exact) mass is 396 g/mol. The predicted octanol–water partition coefficient (Wildman–Crippen LogP) is 4.87. The molecule has 0 radical (unpaired) electrons. The molecule has 1 saturated carbocycles. The van der Waals surface area contributed by atoms with Gasteiger partial charge in [0.2, 0.25) is 0 Å². The third-order valence-corrected chi connectivity index (χ3v) is 5.63. The number of benzene rings is 2. The maximum Gasteiger partial charge on any atom is 0.265 e. The summed E-state index contributed by atoms with van der Waals surface area (Å²) in [6.45, 7) is 2.59. The molecular weight excluding hydrogens is 364 g/mol. The van der Waals surface area contributed by atoms with Crippen molar-refractivity contribution in [3.63, 3.8) is 0 Å². The third-order valence-electron chi connectivity index (χ3n) is 5.63. The molecule has 1 aliphatic rings. The van der Waals surface area contributed by atoms with Crippen LogP contribution in [-0.2, 0) is 11.3 Å². The molecule has 2 aromatic carbocycles. The Morgan fingerprint density at radius 1 is 1.07 bits per heavy atom. The molecule has 0 aromatic heterocycles. The van der Waals surface area contributed by atoms with Gasteiger partial charge in [-0.05, 0) is 62.7 Å². The van der Waals surface area contributed by atoms with E-state index in [4.69, 9.17) is 9.47 Å². The van der Waals surface area contributed by atoms with E-state index in [0.29, 0.717) is 11.8 Å². The Morgan fingerprint density at radius 2 is 1.72 bits per heavy atom. The minimum atomic E-state index is -0.604. The van der Waals surface area contributed by atoms with Crippen molar-refractivity contribution in [2.75, 3.05) is 19.5 Å². The number of nitrogens with zero attached hydrogens (tertiary/aromatic N) is 1. The van der Waals surface area contributed by atoms with Crippen molar-refractivity contribution >= 4 is 11.6 Å². The lowest BCUT2D eigenvalue weighted by molar-refractivity contribution is -0.122. The average Bonchev–Trinajstić information content (AvgIpc) is 2.76. The number of anilines is 1. The topological polar surface area (TPSA) is 50.8 Å². The Morgan fingerprint density at radius 3 is 2.41 bits per heavy atom. The Kier molecular flexibility index (Phi) is 7.53. The number of nitrogens with one attached hydrogen (secondary N) is 1. The lowest BCUT2D eigenvalue weighted by Crippen LogP contribution is -2.34. The van der Waals surface area contributed by atoms with Gasteiger partial charge in [0.1, 0.15) is 11.5 Å². The molecule has 1 aliphatic carbocycles. The minimum absolute atomic E-state index is 0.159. The van der Waals surface area contributed by atoms with Crippen LogP contribution in [0.1, 0.15) is 44.6 Å². The molecule has 29 heavy (non-hydrogen) atoms. The first kappa shape index (κ1) is 21.2. The normalized spacial score (nSPS) is 15.7. The highest BCUT2D eigenvalue weighted by atomic mass is 16.5. The van der Waals surface area contributed by atoms with Crippen molar-refractivity contribution in [2.45, 2.75) is 57.7 Å². The zero-order valence-corrected chi connectivity index (χ0v) is 17.7. The number of carbonyl (C=O) groups is 1. The molecule has 0 heterocycles. The quantitative estimate of drug-likeness (QED) is 0.692. The van der Waals surface area contributed by atoms with Crippen LogP contribution >= 0.6 is 0 Å². The minimum Gasteiger partial charge on any atom is -0.497 e. The molecule has 0 bridgehead atoms. The fourth-order valence-electron chi connectivity index (χ4n) is 3.85. The van der Waals surface area contributed by atoms with Crippen LogP contribution in [0.15, 0.2) is 48.5 Å². The highest BCUT2D eigenvalue weighted by Gasteiger charge is 2.20. The van der Waals surface area contributed by atoms with Crippen LogP contribution in [0, 0.1) is 0 Å². The Labute approximate surface area is 174 Å². The Bertz CT molecular complexity index is 785. The molecule has 0 spiro atoms. The zero-order chi connectivity index (χ0) is 20.6. The number of hydrogen-bond acceptors (Lipinski definition) is 4. The van der Waals surface area contributed by atoms with E-state index in [9.17, 15) is 4.79 Å². The van der Waals surface area contributed by atoms with Gasteiger partial charge in [-0.25, -0.2) is 0 Å². The molecule has 0 saturated heterocycles. The molecule has 5 heteroatoms. The van der Waals surface area contributed by atoms with Crippen LogP contribution in [-0.4, -0.2) is 37.1 Å². The highest BCUT2D eigenvalue weighted by molar-refractivity contribution is 5.94. The second-order valence-electron chi connectivity index (χ2n) is 7.79. The number of rotatable bonds is 8. The van der Waals surface area contributed by atoms with Crippen molar-refractivity contribution < 1.29 is 14.3 Å². The van der Waals surface area contributed by atoms with E-state index in [1.165, 1.54) is 32.1 Å². The maximum absolute atomic E-state index is 12.7. The lowest BCUT2D eigenvalue weighted by atomic mass is 9.94. The first-order valence-corrected chi connectivity index (χ1v) is 10.5. The van der Waals surface area contributed by atoms with Gasteiger partial charge in [-0.1, -0.05) is 37.5 Å². The van der Waals surface area contributed by atoms with Gasteiger partial charge in [0, 0.05) is 18.3 Å². The molecule has 0 aliphatic heterocycles. The van der Waals surface area contributed by atoms with Crippen molar-refractivity contribution in [1.29, 1.82) is 0 Å². The summed E-state index contributed by atoms with van der Waals surface area (Å²) in [6, 6.07) is 15.9. The van der Waals surface area contributed by atoms with Crippen molar-refractivity contribution in [2.24, 2.45) is 0 Å². The van der Waals surface area contributed by atoms with E-state index in [-0.39, 0.29) is 5.91 Å². The molecule has 1 atom stereocenters. The molecule has 1 amide bonds. The summed E-state index contributed by atoms with van der Waals surface area (Å²) in [7, 11) is 3.80. The van der Waals surface area contributed by atoms with Gasteiger partial charge in [0.25, 0.3) is 5.91 Å². The van der Waals surface area contributed by atoms with Gasteiger partial charge >= 0.3 is 0 Å². The van der Waals surface area contributed by atoms with Crippen LogP contribution in [0.2, 0.25) is 0 Å². The number of ether oxygens (including phenoxy) is 2. The Hall–Kier alpha value is -2.53. The molecule has 1 fully saturated rings. The zero-order valence-electron chi connectivity index (χ0n) is 17.7. The summed E-state index contributed by atoms with van der Waals surface area (Å²) in [5, 5.41) is 3.05. The number of para-hydroxylation sites is 1. The summed E-state index contributed by atoms with van der Waals surface area (Å²) >= 11 is 0. The molecule has 1 N–H and O–H groups in total. The van der Waals surface area contributed by atoms with Gasteiger partial charge in [-0.2, -0.15) is 0 Å². The van der Waals surface area contributed by atoms with Gasteiger partial charge in [0.15, 0.2) is 6.10 Å². The van der Waals surface area contributed by atoms with Crippen LogP contribution in [0.5, 0.6) is 11.5 Å². The number of carbonyl (C=O) groups excluding carboxylic acids is 1. The number of methoxy groups -OCH3 is 1. The molecule has 3 rings (SSSR count). The first-order valence-electron chi connectivity index (χ1n) is 10.5. The molecule has 156 valence electrons. The lowest BCUT2D eigenvalue weighted by Gasteiger charge is -2.31. The SMILES string of the molecule is COc1ccc(OC(C)C(=O)Nc2ccccc2CN(C)C2CCCCC2)cc1. The predicted molar refractivity (Wildman–Crippen MR) is 116 cm³/mol. The summed E-state index contributed by atoms with van der Waals surface area (Å²) < 4.78 is 10.9. The van der Waals surface area contributed by atoms with E-state index < -0.39 is 6.10 Å². The maximum atomic E-state index is 12.7. The molecule has 1 unspecified atom stereocenters. The van der Waals surface area contributed by atoms with E-state index in [1.807, 2.05) is 30.3 Å². The standard InChI is InChI=1S/C24H32N2O3/c1-18(29-22-15-13-21(28-3)14-16-22)24(27)25-23-12-8-7-9-19(23)17-26(2)20-10-5-4-6-11-20/h7-9,12-16,18,20H,4-6,10-11,17H2,1-3H3,(H,25,27). The fourth-order valence-corrected chi connectivity index (χ4v) is 3.85. The van der Waals surface area contributed by atoms with Gasteiger partial charge in [0.05, 0.1) is 7.11 Å². The van der Waals surface area contributed by atoms with Crippen LogP contribution in [0.4, 0.5) is 5.69 Å². The summed E-state index contributed by atoms with van der Waals surface area (Å²) in [6.07, 6.45) is 5.90. The highest BCUT2D eigenvalue weighted by Crippen LogP contribution is 2.25. The van der Waals surface area contributed by atoms with Gasteiger partial charge in [-0.15, -0.1) is 0 Å². The Balaban J connectivity index is 1.60. The van der Waals surface area contributed by atoms with Crippen LogP contribution in [0.3, 0.4) is 0 Å². The van der Waals surface area contributed by atoms with Crippen LogP contribution in [0.25, 0.3) is 0 Å². The van der Waals surface area contributed by atoms with Crippen LogP contribution < -0.4 is 14.8 Å². The molecular formula is C24H32N2O3. The van der Waals surface area contributed by atoms with E-state index in [1.54, 1.807) is 26.2 Å². The second-order valence-corrected chi connectivity index (χ2v) is 7.79. The molecule has 5 nitrogen and oxygen atoms in total. The van der Waals surface area contributed by atoms with E-state index in [0.717, 1.165) is 23.5 Å². The van der Waals surface area contributed by atoms with Crippen molar-refractivity contribution in [1.82, 2.24) is 4.90 Å². The van der Waals surface area contributed by atoms with Crippen molar-refractivity contribution in [3.05, 3.63) is 54.1 Å². The van der Waals surface area contributed by atoms with Gasteiger partial charge < -0.3 is 14.8 Å². The van der Waals surface area contributed by atoms with E-state index in [2.05, 4.69) is 23.3 Å². The number of hydrogen-bond donors (Lipinski definition) is 1. The average molecular weight is 397 g/mol. The molecule has 2 aromatic rings. The number of amides is 1. The second kappa shape index (κ2) is 10.3. The first-order chi connectivity index (χ1) is 14.1. The largest absolute Gasteiger partial charge is 0.497 e. The van der Waals surface area contributed by atoms with E-state index >= 15 is 0 Å². The summed E-state index contributed by atoms with van der Waals surface area (Å²) in [5.74, 6) is 1.23. The fraction of sp³-hybridized carbons (Fsp3) is 0.458. The smallest absolute Gasteiger partial charge is 0.265 e. The van der Waals surface area contributed by atoms with Crippen molar-refractivity contribution in [3.8, 4) is 11.5 Å². The summed E-state index contributed by atoms with van der Waals surface area (Å²) in [4.78, 5) is 15.1. The summed E-state index contributed by atoms with van der Waals surface area (Å²) in [5.41, 5.74) is 1.98.